The zero-order chi connectivity index (χ0) is 22.1. The number of rotatable bonds is 10. The largest absolute Gasteiger partial charge is 0.550 e. The van der Waals surface area contributed by atoms with Crippen LogP contribution in [0.25, 0.3) is 11.1 Å². The van der Waals surface area contributed by atoms with Crippen LogP contribution in [0.3, 0.4) is 0 Å². The van der Waals surface area contributed by atoms with E-state index in [0.717, 1.165) is 11.1 Å². The second-order valence-corrected chi connectivity index (χ2v) is 8.25. The van der Waals surface area contributed by atoms with Crippen LogP contribution in [0.1, 0.15) is 6.42 Å². The van der Waals surface area contributed by atoms with Gasteiger partial charge in [-0.3, -0.25) is 4.90 Å². The second kappa shape index (κ2) is 10.8. The molecule has 1 N–H and O–H groups in total. The van der Waals surface area contributed by atoms with Crippen LogP contribution < -0.4 is 15.3 Å². The average Bonchev–Trinajstić information content (AvgIpc) is 2.67. The number of nitrogens with one attached hydrogen (secondary N) is 1. The van der Waals surface area contributed by atoms with Crippen molar-refractivity contribution < 1.29 is 23.9 Å². The molecule has 1 atom stereocenters. The summed E-state index contributed by atoms with van der Waals surface area (Å²) in [4.78, 5) is 25.7. The molecular weight excluding hydrogens is 382 g/mol. The number of hydrogen-bond acceptors (Lipinski definition) is 4. The maximum Gasteiger partial charge on any atom is 0.322 e. The SMILES string of the molecule is COCCN(C(=O)NC(CC(=O)[O-])C[N+](C)(C)C)c1ccc(-c2ccccc2)cc1. The van der Waals surface area contributed by atoms with Gasteiger partial charge in [-0.05, 0) is 23.3 Å². The summed E-state index contributed by atoms with van der Waals surface area (Å²) in [5.74, 6) is -1.19. The van der Waals surface area contributed by atoms with Gasteiger partial charge in [-0.15, -0.1) is 0 Å². The van der Waals surface area contributed by atoms with Crippen molar-refractivity contribution >= 4 is 17.7 Å². The number of carbonyl (C=O) groups excluding carboxylic acids is 2. The predicted molar refractivity (Wildman–Crippen MR) is 116 cm³/mol. The van der Waals surface area contributed by atoms with Gasteiger partial charge in [0.05, 0.1) is 46.9 Å². The highest BCUT2D eigenvalue weighted by Crippen LogP contribution is 2.23. The minimum absolute atomic E-state index is 0.244. The van der Waals surface area contributed by atoms with E-state index >= 15 is 0 Å². The van der Waals surface area contributed by atoms with Crippen molar-refractivity contribution in [3.8, 4) is 11.1 Å². The van der Waals surface area contributed by atoms with E-state index in [1.165, 1.54) is 0 Å². The number of methoxy groups -OCH3 is 1. The summed E-state index contributed by atoms with van der Waals surface area (Å²) in [6.07, 6.45) is -0.244. The number of carboxylic acid groups (broad SMARTS) is 1. The van der Waals surface area contributed by atoms with Crippen molar-refractivity contribution in [2.24, 2.45) is 0 Å². The summed E-state index contributed by atoms with van der Waals surface area (Å²) in [5.41, 5.74) is 2.85. The molecule has 162 valence electrons. The molecule has 0 spiro atoms. The molecule has 7 heteroatoms. The zero-order valence-corrected chi connectivity index (χ0v) is 18.1. The number of benzene rings is 2. The average molecular weight is 414 g/mol. The number of nitrogens with zero attached hydrogens (tertiary/aromatic N) is 2. The van der Waals surface area contributed by atoms with Crippen molar-refractivity contribution in [1.29, 1.82) is 0 Å². The minimum Gasteiger partial charge on any atom is -0.550 e. The Morgan fingerprint density at radius 2 is 1.63 bits per heavy atom. The number of urea groups is 1. The van der Waals surface area contributed by atoms with E-state index in [2.05, 4.69) is 5.32 Å². The number of ether oxygens (including phenoxy) is 1. The second-order valence-electron chi connectivity index (χ2n) is 8.25. The third kappa shape index (κ3) is 7.50. The molecule has 0 bridgehead atoms. The molecule has 30 heavy (non-hydrogen) atoms. The Morgan fingerprint density at radius 1 is 1.03 bits per heavy atom. The van der Waals surface area contributed by atoms with Crippen molar-refractivity contribution in [1.82, 2.24) is 5.32 Å². The van der Waals surface area contributed by atoms with Gasteiger partial charge in [-0.25, -0.2) is 4.79 Å². The van der Waals surface area contributed by atoms with Gasteiger partial charge >= 0.3 is 6.03 Å². The van der Waals surface area contributed by atoms with E-state index in [-0.39, 0.29) is 12.5 Å². The number of anilines is 1. The van der Waals surface area contributed by atoms with Crippen molar-refractivity contribution in [2.45, 2.75) is 12.5 Å². The highest BCUT2D eigenvalue weighted by molar-refractivity contribution is 5.92. The van der Waals surface area contributed by atoms with Crippen LogP contribution in [-0.2, 0) is 9.53 Å². The van der Waals surface area contributed by atoms with Crippen LogP contribution in [0, 0.1) is 0 Å². The monoisotopic (exact) mass is 413 g/mol. The van der Waals surface area contributed by atoms with Crippen LogP contribution in [0.5, 0.6) is 0 Å². The number of carboxylic acids is 1. The topological polar surface area (TPSA) is 81.7 Å². The van der Waals surface area contributed by atoms with E-state index in [9.17, 15) is 14.7 Å². The third-order valence-corrected chi connectivity index (χ3v) is 4.56. The molecule has 0 saturated heterocycles. The first-order valence-electron chi connectivity index (χ1n) is 9.92. The normalized spacial score (nSPS) is 12.3. The summed E-state index contributed by atoms with van der Waals surface area (Å²) in [6.45, 7) is 1.16. The summed E-state index contributed by atoms with van der Waals surface area (Å²) >= 11 is 0. The number of quaternary nitrogens is 1. The highest BCUT2D eigenvalue weighted by Gasteiger charge is 2.24. The Morgan fingerprint density at radius 3 is 2.17 bits per heavy atom. The van der Waals surface area contributed by atoms with Gasteiger partial charge in [-0.2, -0.15) is 0 Å². The fraction of sp³-hybridized carbons (Fsp3) is 0.391. The zero-order valence-electron chi connectivity index (χ0n) is 18.1. The maximum absolute atomic E-state index is 13.0. The fourth-order valence-corrected chi connectivity index (χ4v) is 3.27. The van der Waals surface area contributed by atoms with Crippen LogP contribution >= 0.6 is 0 Å². The molecule has 0 heterocycles. The smallest absolute Gasteiger partial charge is 0.322 e. The number of hydrogen-bond donors (Lipinski definition) is 1. The first kappa shape index (κ1) is 23.4. The van der Waals surface area contributed by atoms with Gasteiger partial charge in [-0.1, -0.05) is 42.5 Å². The van der Waals surface area contributed by atoms with Gasteiger partial charge in [0.1, 0.15) is 0 Å². The molecule has 2 rings (SSSR count). The lowest BCUT2D eigenvalue weighted by Gasteiger charge is -2.32. The summed E-state index contributed by atoms with van der Waals surface area (Å²) in [5, 5.41) is 14.0. The number of likely N-dealkylation sites (N-methyl/N-ethyl adjacent to an activating group) is 1. The molecule has 7 nitrogen and oxygen atoms in total. The van der Waals surface area contributed by atoms with Gasteiger partial charge in [0.25, 0.3) is 0 Å². The molecule has 0 aromatic heterocycles. The summed E-state index contributed by atoms with van der Waals surface area (Å²) in [7, 11) is 7.41. The highest BCUT2D eigenvalue weighted by atomic mass is 16.5. The summed E-state index contributed by atoms with van der Waals surface area (Å²) < 4.78 is 5.67. The lowest BCUT2D eigenvalue weighted by atomic mass is 10.1. The third-order valence-electron chi connectivity index (χ3n) is 4.56. The van der Waals surface area contributed by atoms with Gasteiger partial charge < -0.3 is 24.4 Å². The van der Waals surface area contributed by atoms with E-state index < -0.39 is 12.0 Å². The Kier molecular flexibility index (Phi) is 8.38. The first-order chi connectivity index (χ1) is 14.2. The lowest BCUT2D eigenvalue weighted by molar-refractivity contribution is -0.871. The van der Waals surface area contributed by atoms with Crippen LogP contribution in [-0.4, -0.2) is 70.5 Å². The Hall–Kier alpha value is -2.90. The van der Waals surface area contributed by atoms with Crippen molar-refractivity contribution in [2.75, 3.05) is 52.8 Å². The van der Waals surface area contributed by atoms with E-state index in [1.807, 2.05) is 75.7 Å². The quantitative estimate of drug-likeness (QED) is 0.602. The maximum atomic E-state index is 13.0. The van der Waals surface area contributed by atoms with Crippen LogP contribution in [0.4, 0.5) is 10.5 Å². The first-order valence-corrected chi connectivity index (χ1v) is 9.92. The Bertz CT molecular complexity index is 817. The Labute approximate surface area is 178 Å². The molecule has 1 unspecified atom stereocenters. The molecule has 0 aliphatic carbocycles. The molecule has 0 aliphatic heterocycles. The van der Waals surface area contributed by atoms with Crippen molar-refractivity contribution in [3.63, 3.8) is 0 Å². The molecule has 0 fully saturated rings. The lowest BCUT2D eigenvalue weighted by Crippen LogP contribution is -2.54. The molecular formula is C23H31N3O4. The molecule has 2 aromatic rings. The summed E-state index contributed by atoms with van der Waals surface area (Å²) in [6, 6.07) is 16.8. The van der Waals surface area contributed by atoms with Gasteiger partial charge in [0, 0.05) is 25.2 Å². The molecule has 0 radical (unpaired) electrons. The standard InChI is InChI=1S/C23H31N3O4/c1-26(2,3)17-20(16-22(27)28)24-23(29)25(14-15-30-4)21-12-10-19(11-13-21)18-8-6-5-7-9-18/h5-13,20H,14-17H2,1-4H3,(H-,24,27,28,29). The van der Waals surface area contributed by atoms with E-state index in [0.29, 0.717) is 29.9 Å². The Balaban J connectivity index is 2.20. The molecule has 2 amide bonds. The van der Waals surface area contributed by atoms with Crippen molar-refractivity contribution in [3.05, 3.63) is 54.6 Å². The molecule has 2 aromatic carbocycles. The van der Waals surface area contributed by atoms with E-state index in [4.69, 9.17) is 4.74 Å². The molecule has 0 aliphatic rings. The number of amides is 2. The van der Waals surface area contributed by atoms with Crippen LogP contribution in [0.2, 0.25) is 0 Å². The predicted octanol–water partition coefficient (Wildman–Crippen LogP) is 1.73. The fourth-order valence-electron chi connectivity index (χ4n) is 3.27. The number of carbonyl (C=O) groups is 2. The number of aliphatic carboxylic acids is 1. The van der Waals surface area contributed by atoms with Gasteiger partial charge in [0.2, 0.25) is 0 Å². The van der Waals surface area contributed by atoms with Gasteiger partial charge in [0.15, 0.2) is 0 Å². The van der Waals surface area contributed by atoms with E-state index in [1.54, 1.807) is 12.0 Å². The minimum atomic E-state index is -1.19. The van der Waals surface area contributed by atoms with Crippen LogP contribution in [0.15, 0.2) is 54.6 Å². The molecule has 0 saturated carbocycles.